The lowest BCUT2D eigenvalue weighted by Crippen LogP contribution is -2.33. The second-order valence-corrected chi connectivity index (χ2v) is 8.00. The molecule has 164 valence electrons. The first-order valence-electron chi connectivity index (χ1n) is 10.5. The standard InChI is InChI=1S/C26H26N2O4/c1-15-19(14-27)24(18-12-22(30-2)26(32-4)23(13-18)31-3)25-20(28-15)10-17(11-21(25)29)16-8-6-5-7-9-16/h5-9,12-13,17,24,28H,10-11H2,1-4H3/t17-,24+/m1/s1. The Balaban J connectivity index is 1.85. The van der Waals surface area contributed by atoms with Gasteiger partial charge < -0.3 is 19.5 Å². The number of Topliss-reactive ketones (excluding diaryl/α,β-unsaturated/α-hetero) is 1. The molecule has 1 heterocycles. The molecule has 32 heavy (non-hydrogen) atoms. The number of nitriles is 1. The Morgan fingerprint density at radius 2 is 1.62 bits per heavy atom. The predicted octanol–water partition coefficient (Wildman–Crippen LogP) is 4.60. The van der Waals surface area contributed by atoms with Crippen molar-refractivity contribution in [2.24, 2.45) is 0 Å². The molecule has 0 saturated heterocycles. The molecule has 6 nitrogen and oxygen atoms in total. The summed E-state index contributed by atoms with van der Waals surface area (Å²) in [5.41, 5.74) is 4.71. The van der Waals surface area contributed by atoms with E-state index in [1.165, 1.54) is 0 Å². The van der Waals surface area contributed by atoms with Crippen molar-refractivity contribution in [1.82, 2.24) is 5.32 Å². The smallest absolute Gasteiger partial charge is 0.203 e. The van der Waals surface area contributed by atoms with Gasteiger partial charge in [-0.1, -0.05) is 30.3 Å². The van der Waals surface area contributed by atoms with Crippen LogP contribution in [0.5, 0.6) is 17.2 Å². The molecule has 1 aliphatic carbocycles. The minimum atomic E-state index is -0.492. The number of ether oxygens (including phenoxy) is 3. The van der Waals surface area contributed by atoms with Crippen LogP contribution >= 0.6 is 0 Å². The minimum Gasteiger partial charge on any atom is -0.493 e. The highest BCUT2D eigenvalue weighted by Gasteiger charge is 2.39. The lowest BCUT2D eigenvalue weighted by molar-refractivity contribution is -0.116. The van der Waals surface area contributed by atoms with Crippen molar-refractivity contribution in [3.05, 3.63) is 76.1 Å². The number of carbonyl (C=O) groups is 1. The van der Waals surface area contributed by atoms with Gasteiger partial charge in [-0.05, 0) is 42.5 Å². The van der Waals surface area contributed by atoms with Crippen LogP contribution in [0.25, 0.3) is 0 Å². The van der Waals surface area contributed by atoms with E-state index in [0.29, 0.717) is 41.2 Å². The number of hydrogen-bond donors (Lipinski definition) is 1. The third kappa shape index (κ3) is 3.60. The molecule has 0 unspecified atom stereocenters. The molecule has 2 aromatic carbocycles. The maximum atomic E-state index is 13.5. The van der Waals surface area contributed by atoms with Crippen molar-refractivity contribution in [1.29, 1.82) is 5.26 Å². The first-order valence-corrected chi connectivity index (χ1v) is 10.5. The van der Waals surface area contributed by atoms with E-state index in [4.69, 9.17) is 14.2 Å². The second kappa shape index (κ2) is 8.80. The molecule has 0 fully saturated rings. The van der Waals surface area contributed by atoms with Gasteiger partial charge >= 0.3 is 0 Å². The highest BCUT2D eigenvalue weighted by molar-refractivity contribution is 6.00. The van der Waals surface area contributed by atoms with Crippen LogP contribution in [0, 0.1) is 11.3 Å². The van der Waals surface area contributed by atoms with E-state index < -0.39 is 5.92 Å². The van der Waals surface area contributed by atoms with E-state index >= 15 is 0 Å². The van der Waals surface area contributed by atoms with Crippen molar-refractivity contribution in [3.8, 4) is 23.3 Å². The van der Waals surface area contributed by atoms with E-state index in [9.17, 15) is 10.1 Å². The zero-order valence-electron chi connectivity index (χ0n) is 18.7. The fraction of sp³-hybridized carbons (Fsp3) is 0.308. The molecule has 0 radical (unpaired) electrons. The molecule has 1 N–H and O–H groups in total. The van der Waals surface area contributed by atoms with Crippen molar-refractivity contribution < 1.29 is 19.0 Å². The van der Waals surface area contributed by atoms with Crippen LogP contribution in [0.2, 0.25) is 0 Å². The molecule has 0 spiro atoms. The number of nitrogens with one attached hydrogen (secondary N) is 1. The van der Waals surface area contributed by atoms with Crippen LogP contribution in [0.4, 0.5) is 0 Å². The number of benzene rings is 2. The lowest BCUT2D eigenvalue weighted by atomic mass is 9.72. The Hall–Kier alpha value is -3.72. The van der Waals surface area contributed by atoms with Crippen LogP contribution in [0.15, 0.2) is 65.0 Å². The summed E-state index contributed by atoms with van der Waals surface area (Å²) in [6, 6.07) is 16.1. The number of methoxy groups -OCH3 is 3. The number of nitrogens with zero attached hydrogens (tertiary/aromatic N) is 1. The van der Waals surface area contributed by atoms with Gasteiger partial charge in [0.1, 0.15) is 0 Å². The van der Waals surface area contributed by atoms with Crippen LogP contribution in [0.1, 0.15) is 42.7 Å². The van der Waals surface area contributed by atoms with Crippen molar-refractivity contribution in [3.63, 3.8) is 0 Å². The fourth-order valence-electron chi connectivity index (χ4n) is 4.75. The van der Waals surface area contributed by atoms with Crippen molar-refractivity contribution in [2.45, 2.75) is 31.6 Å². The van der Waals surface area contributed by atoms with Gasteiger partial charge in [0.25, 0.3) is 0 Å². The monoisotopic (exact) mass is 430 g/mol. The maximum absolute atomic E-state index is 13.5. The Kier molecular flexibility index (Phi) is 5.91. The third-order valence-corrected chi connectivity index (χ3v) is 6.24. The molecule has 0 amide bonds. The van der Waals surface area contributed by atoms with Gasteiger partial charge in [0.2, 0.25) is 5.75 Å². The molecule has 0 bridgehead atoms. The van der Waals surface area contributed by atoms with Crippen molar-refractivity contribution in [2.75, 3.05) is 21.3 Å². The van der Waals surface area contributed by atoms with Gasteiger partial charge in [0.05, 0.1) is 38.9 Å². The predicted molar refractivity (Wildman–Crippen MR) is 121 cm³/mol. The van der Waals surface area contributed by atoms with Gasteiger partial charge in [-0.3, -0.25) is 4.79 Å². The first kappa shape index (κ1) is 21.5. The highest BCUT2D eigenvalue weighted by Crippen LogP contribution is 2.48. The average molecular weight is 431 g/mol. The largest absolute Gasteiger partial charge is 0.493 e. The molecule has 0 saturated carbocycles. The minimum absolute atomic E-state index is 0.0478. The second-order valence-electron chi connectivity index (χ2n) is 8.00. The van der Waals surface area contributed by atoms with Gasteiger partial charge in [0, 0.05) is 23.4 Å². The number of carbonyl (C=O) groups excluding carboxylic acids is 1. The van der Waals surface area contributed by atoms with E-state index in [-0.39, 0.29) is 11.7 Å². The zero-order valence-corrected chi connectivity index (χ0v) is 18.7. The van der Waals surface area contributed by atoms with Gasteiger partial charge in [0.15, 0.2) is 17.3 Å². The number of hydrogen-bond acceptors (Lipinski definition) is 6. The van der Waals surface area contributed by atoms with Crippen molar-refractivity contribution >= 4 is 5.78 Å². The average Bonchev–Trinajstić information content (AvgIpc) is 2.82. The van der Waals surface area contributed by atoms with Gasteiger partial charge in [-0.15, -0.1) is 0 Å². The molecule has 4 rings (SSSR count). The molecule has 0 aromatic heterocycles. The summed E-state index contributed by atoms with van der Waals surface area (Å²) < 4.78 is 16.5. The Morgan fingerprint density at radius 3 is 2.19 bits per heavy atom. The fourth-order valence-corrected chi connectivity index (χ4v) is 4.75. The first-order chi connectivity index (χ1) is 15.5. The molecular weight excluding hydrogens is 404 g/mol. The van der Waals surface area contributed by atoms with E-state index in [1.54, 1.807) is 21.3 Å². The van der Waals surface area contributed by atoms with Gasteiger partial charge in [-0.25, -0.2) is 0 Å². The highest BCUT2D eigenvalue weighted by atomic mass is 16.5. The zero-order chi connectivity index (χ0) is 22.8. The number of allylic oxidation sites excluding steroid dienone is 4. The molecule has 6 heteroatoms. The van der Waals surface area contributed by atoms with Crippen LogP contribution in [-0.4, -0.2) is 27.1 Å². The quantitative estimate of drug-likeness (QED) is 0.747. The summed E-state index contributed by atoms with van der Waals surface area (Å²) in [6.45, 7) is 1.88. The Morgan fingerprint density at radius 1 is 0.969 bits per heavy atom. The summed E-state index contributed by atoms with van der Waals surface area (Å²) >= 11 is 0. The summed E-state index contributed by atoms with van der Waals surface area (Å²) in [6.07, 6.45) is 1.12. The molecule has 2 atom stereocenters. The van der Waals surface area contributed by atoms with E-state index in [1.807, 2.05) is 37.3 Å². The normalized spacial score (nSPS) is 20.3. The SMILES string of the molecule is COc1cc([C@H]2C(C#N)=C(C)NC3=C2C(=O)C[C@H](c2ccccc2)C3)cc(OC)c1OC. The molecule has 1 aliphatic heterocycles. The molecule has 2 aromatic rings. The summed E-state index contributed by atoms with van der Waals surface area (Å²) in [5, 5.41) is 13.3. The van der Waals surface area contributed by atoms with Crippen LogP contribution in [-0.2, 0) is 4.79 Å². The van der Waals surface area contributed by atoms with Crippen LogP contribution in [0.3, 0.4) is 0 Å². The maximum Gasteiger partial charge on any atom is 0.203 e. The molecular formula is C26H26N2O4. The lowest BCUT2D eigenvalue weighted by Gasteiger charge is -2.36. The van der Waals surface area contributed by atoms with Crippen LogP contribution < -0.4 is 19.5 Å². The number of rotatable bonds is 5. The van der Waals surface area contributed by atoms with Gasteiger partial charge in [-0.2, -0.15) is 5.26 Å². The summed E-state index contributed by atoms with van der Waals surface area (Å²) in [7, 11) is 4.65. The summed E-state index contributed by atoms with van der Waals surface area (Å²) in [5.74, 6) is 1.11. The number of dihydropyridines is 1. The Bertz CT molecular complexity index is 1130. The third-order valence-electron chi connectivity index (χ3n) is 6.24. The molecule has 2 aliphatic rings. The number of ketones is 1. The summed E-state index contributed by atoms with van der Waals surface area (Å²) in [4.78, 5) is 13.5. The topological polar surface area (TPSA) is 80.6 Å². The van der Waals surface area contributed by atoms with E-state index in [0.717, 1.165) is 22.5 Å². The van der Waals surface area contributed by atoms with E-state index in [2.05, 4.69) is 23.5 Å². The Labute approximate surface area is 188 Å².